The zero-order valence-corrected chi connectivity index (χ0v) is 9.21. The zero-order valence-electron chi connectivity index (χ0n) is 9.21. The minimum atomic E-state index is -2.48. The molecule has 1 aromatic rings. The van der Waals surface area contributed by atoms with Crippen LogP contribution in [0.5, 0.6) is 0 Å². The van der Waals surface area contributed by atoms with Gasteiger partial charge < -0.3 is 4.90 Å². The molecular formula is C12H13F2NO. The number of halogens is 2. The molecule has 4 heteroatoms. The second-order valence-electron chi connectivity index (χ2n) is 4.31. The summed E-state index contributed by atoms with van der Waals surface area (Å²) in [7, 11) is 1.62. The number of para-hydroxylation sites is 1. The molecular weight excluding hydrogens is 212 g/mol. The summed E-state index contributed by atoms with van der Waals surface area (Å²) in [5.41, 5.74) is 0.345. The smallest absolute Gasteiger partial charge is 0.240 e. The van der Waals surface area contributed by atoms with Gasteiger partial charge in [0.15, 0.2) is 0 Å². The van der Waals surface area contributed by atoms with Crippen molar-refractivity contribution in [3.63, 3.8) is 0 Å². The highest BCUT2D eigenvalue weighted by atomic mass is 19.3. The number of hydrogen-bond donors (Lipinski definition) is 0. The highest BCUT2D eigenvalue weighted by Crippen LogP contribution is 2.43. The standard InChI is InChI=1S/C12H13F2NO/c1-12(7-10(13)14)8-5-3-4-6-9(8)15(2)11(12)16/h3-6,10H,7H2,1-2H3. The van der Waals surface area contributed by atoms with Crippen LogP contribution in [0, 0.1) is 0 Å². The Kier molecular flexibility index (Phi) is 2.45. The van der Waals surface area contributed by atoms with E-state index < -0.39 is 18.3 Å². The molecule has 0 N–H and O–H groups in total. The van der Waals surface area contributed by atoms with Crippen LogP contribution in [0.4, 0.5) is 14.5 Å². The van der Waals surface area contributed by atoms with E-state index in [1.54, 1.807) is 38.2 Å². The van der Waals surface area contributed by atoms with Crippen LogP contribution in [0.2, 0.25) is 0 Å². The van der Waals surface area contributed by atoms with E-state index in [0.717, 1.165) is 5.69 Å². The number of amides is 1. The number of anilines is 1. The average molecular weight is 225 g/mol. The molecule has 0 aromatic heterocycles. The summed E-state index contributed by atoms with van der Waals surface area (Å²) in [5, 5.41) is 0. The predicted molar refractivity (Wildman–Crippen MR) is 57.8 cm³/mol. The molecule has 1 amide bonds. The van der Waals surface area contributed by atoms with E-state index in [2.05, 4.69) is 0 Å². The molecule has 16 heavy (non-hydrogen) atoms. The Hall–Kier alpha value is -1.45. The second kappa shape index (κ2) is 3.54. The second-order valence-corrected chi connectivity index (χ2v) is 4.31. The van der Waals surface area contributed by atoms with E-state index in [4.69, 9.17) is 0 Å². The molecule has 0 saturated heterocycles. The summed E-state index contributed by atoms with van der Waals surface area (Å²) in [6.45, 7) is 1.59. The molecule has 0 aliphatic carbocycles. The average Bonchev–Trinajstić information content (AvgIpc) is 2.42. The molecule has 0 saturated carbocycles. The van der Waals surface area contributed by atoms with Gasteiger partial charge in [-0.25, -0.2) is 8.78 Å². The largest absolute Gasteiger partial charge is 0.314 e. The van der Waals surface area contributed by atoms with Gasteiger partial charge in [0.2, 0.25) is 12.3 Å². The maximum atomic E-state index is 12.6. The van der Waals surface area contributed by atoms with Gasteiger partial charge in [-0.2, -0.15) is 0 Å². The van der Waals surface area contributed by atoms with Gasteiger partial charge in [0.25, 0.3) is 0 Å². The van der Waals surface area contributed by atoms with Gasteiger partial charge in [-0.05, 0) is 18.6 Å². The molecule has 0 spiro atoms. The molecule has 1 heterocycles. The van der Waals surface area contributed by atoms with Crippen molar-refractivity contribution in [3.8, 4) is 0 Å². The Bertz CT molecular complexity index is 433. The van der Waals surface area contributed by atoms with Gasteiger partial charge in [-0.3, -0.25) is 4.79 Å². The molecule has 0 fully saturated rings. The summed E-state index contributed by atoms with van der Waals surface area (Å²) < 4.78 is 25.1. The van der Waals surface area contributed by atoms with Crippen LogP contribution < -0.4 is 4.90 Å². The van der Waals surface area contributed by atoms with Crippen molar-refractivity contribution in [1.82, 2.24) is 0 Å². The van der Waals surface area contributed by atoms with Crippen LogP contribution in [0.3, 0.4) is 0 Å². The molecule has 1 atom stereocenters. The number of carbonyl (C=O) groups excluding carboxylic acids is 1. The lowest BCUT2D eigenvalue weighted by Gasteiger charge is -2.22. The van der Waals surface area contributed by atoms with Gasteiger partial charge in [0.05, 0.1) is 5.41 Å². The third-order valence-electron chi connectivity index (χ3n) is 3.20. The fourth-order valence-corrected chi connectivity index (χ4v) is 2.33. The van der Waals surface area contributed by atoms with Crippen LogP contribution in [-0.4, -0.2) is 19.4 Å². The minimum Gasteiger partial charge on any atom is -0.314 e. The first-order valence-electron chi connectivity index (χ1n) is 5.12. The summed E-state index contributed by atoms with van der Waals surface area (Å²) in [6.07, 6.45) is -2.90. The quantitative estimate of drug-likeness (QED) is 0.757. The molecule has 2 rings (SSSR count). The normalized spacial score (nSPS) is 24.1. The Balaban J connectivity index is 2.52. The highest BCUT2D eigenvalue weighted by Gasteiger charge is 2.47. The SMILES string of the molecule is CN1C(=O)C(C)(CC(F)F)c2ccccc21. The van der Waals surface area contributed by atoms with Gasteiger partial charge in [-0.15, -0.1) is 0 Å². The number of fused-ring (bicyclic) bond motifs is 1. The third-order valence-corrected chi connectivity index (χ3v) is 3.20. The summed E-state index contributed by atoms with van der Waals surface area (Å²) in [4.78, 5) is 13.5. The lowest BCUT2D eigenvalue weighted by Crippen LogP contribution is -2.37. The molecule has 0 radical (unpaired) electrons. The Morgan fingerprint density at radius 3 is 2.62 bits per heavy atom. The lowest BCUT2D eigenvalue weighted by atomic mass is 9.81. The van der Waals surface area contributed by atoms with Gasteiger partial charge in [0, 0.05) is 19.2 Å². The molecule has 1 unspecified atom stereocenters. The summed E-state index contributed by atoms with van der Waals surface area (Å²) >= 11 is 0. The van der Waals surface area contributed by atoms with E-state index in [1.807, 2.05) is 0 Å². The number of carbonyl (C=O) groups is 1. The molecule has 1 aromatic carbocycles. The van der Waals surface area contributed by atoms with Crippen molar-refractivity contribution < 1.29 is 13.6 Å². The molecule has 0 bridgehead atoms. The van der Waals surface area contributed by atoms with Crippen LogP contribution in [-0.2, 0) is 10.2 Å². The number of rotatable bonds is 2. The molecule has 86 valence electrons. The summed E-state index contributed by atoms with van der Waals surface area (Å²) in [5.74, 6) is -0.256. The van der Waals surface area contributed by atoms with E-state index in [9.17, 15) is 13.6 Å². The topological polar surface area (TPSA) is 20.3 Å². The van der Waals surface area contributed by atoms with Crippen molar-refractivity contribution in [1.29, 1.82) is 0 Å². The van der Waals surface area contributed by atoms with Gasteiger partial charge >= 0.3 is 0 Å². The van der Waals surface area contributed by atoms with Gasteiger partial charge in [-0.1, -0.05) is 18.2 Å². The summed E-state index contributed by atoms with van der Waals surface area (Å²) in [6, 6.07) is 7.11. The number of benzene rings is 1. The van der Waals surface area contributed by atoms with Crippen LogP contribution in [0.25, 0.3) is 0 Å². The zero-order chi connectivity index (χ0) is 11.9. The first-order valence-corrected chi connectivity index (χ1v) is 5.12. The van der Waals surface area contributed by atoms with E-state index in [0.29, 0.717) is 5.56 Å². The minimum absolute atomic E-state index is 0.256. The van der Waals surface area contributed by atoms with Crippen LogP contribution in [0.15, 0.2) is 24.3 Å². The maximum absolute atomic E-state index is 12.6. The van der Waals surface area contributed by atoms with Crippen molar-refractivity contribution in [2.24, 2.45) is 0 Å². The highest BCUT2D eigenvalue weighted by molar-refractivity contribution is 6.07. The molecule has 1 aliphatic heterocycles. The number of nitrogens with zero attached hydrogens (tertiary/aromatic N) is 1. The maximum Gasteiger partial charge on any atom is 0.240 e. The monoisotopic (exact) mass is 225 g/mol. The Morgan fingerprint density at radius 1 is 1.38 bits per heavy atom. The van der Waals surface area contributed by atoms with Gasteiger partial charge in [0.1, 0.15) is 0 Å². The van der Waals surface area contributed by atoms with Crippen molar-refractivity contribution in [3.05, 3.63) is 29.8 Å². The third kappa shape index (κ3) is 1.40. The fourth-order valence-electron chi connectivity index (χ4n) is 2.33. The predicted octanol–water partition coefficient (Wildman–Crippen LogP) is 2.58. The van der Waals surface area contributed by atoms with Crippen molar-refractivity contribution in [2.75, 3.05) is 11.9 Å². The van der Waals surface area contributed by atoms with E-state index in [-0.39, 0.29) is 5.91 Å². The lowest BCUT2D eigenvalue weighted by molar-refractivity contribution is -0.123. The first kappa shape index (κ1) is 11.0. The van der Waals surface area contributed by atoms with E-state index in [1.165, 1.54) is 4.90 Å². The molecule has 1 aliphatic rings. The van der Waals surface area contributed by atoms with Crippen LogP contribution >= 0.6 is 0 Å². The fraction of sp³-hybridized carbons (Fsp3) is 0.417. The number of hydrogen-bond acceptors (Lipinski definition) is 1. The van der Waals surface area contributed by atoms with Crippen molar-refractivity contribution in [2.45, 2.75) is 25.2 Å². The first-order chi connectivity index (χ1) is 7.47. The molecule has 2 nitrogen and oxygen atoms in total. The van der Waals surface area contributed by atoms with E-state index >= 15 is 0 Å². The van der Waals surface area contributed by atoms with Crippen molar-refractivity contribution >= 4 is 11.6 Å². The van der Waals surface area contributed by atoms with Crippen LogP contribution in [0.1, 0.15) is 18.9 Å². The number of likely N-dealkylation sites (N-methyl/N-ethyl adjacent to an activating group) is 1. The number of alkyl halides is 2. The Morgan fingerprint density at radius 2 is 2.00 bits per heavy atom. The Labute approximate surface area is 92.9 Å².